The van der Waals surface area contributed by atoms with E-state index >= 15 is 0 Å². The highest BCUT2D eigenvalue weighted by Crippen LogP contribution is 2.14. The first-order chi connectivity index (χ1) is 6.61. The van der Waals surface area contributed by atoms with Crippen LogP contribution < -0.4 is 5.73 Å². The molecule has 14 heavy (non-hydrogen) atoms. The Hall–Kier alpha value is -0.960. The average molecular weight is 199 g/mol. The van der Waals surface area contributed by atoms with Crippen LogP contribution in [-0.2, 0) is 6.42 Å². The summed E-state index contributed by atoms with van der Waals surface area (Å²) in [6.07, 6.45) is 1.92. The number of nitrogens with two attached hydrogens (primary N) is 1. The topological polar surface area (TPSA) is 26.0 Å². The summed E-state index contributed by atoms with van der Waals surface area (Å²) in [7, 11) is 0. The van der Waals surface area contributed by atoms with Gasteiger partial charge in [0.15, 0.2) is 0 Å². The van der Waals surface area contributed by atoms with Gasteiger partial charge in [-0.05, 0) is 38.3 Å². The zero-order valence-corrected chi connectivity index (χ0v) is 8.26. The Morgan fingerprint density at radius 2 is 1.86 bits per heavy atom. The van der Waals surface area contributed by atoms with Gasteiger partial charge in [0.05, 0.1) is 0 Å². The molecule has 0 saturated carbocycles. The molecule has 0 aliphatic carbocycles. The van der Waals surface area contributed by atoms with E-state index in [1.54, 1.807) is 0 Å². The Bertz CT molecular complexity index is 277. The number of hydrogen-bond donors (Lipinski definition) is 1. The highest BCUT2D eigenvalue weighted by atomic mass is 19.1. The van der Waals surface area contributed by atoms with Crippen LogP contribution in [0.4, 0.5) is 8.78 Å². The zero-order valence-electron chi connectivity index (χ0n) is 8.26. The van der Waals surface area contributed by atoms with E-state index in [0.717, 1.165) is 12.8 Å². The van der Waals surface area contributed by atoms with Crippen LogP contribution in [0.1, 0.15) is 25.3 Å². The summed E-state index contributed by atoms with van der Waals surface area (Å²) in [5.41, 5.74) is 5.72. The van der Waals surface area contributed by atoms with E-state index in [9.17, 15) is 8.78 Å². The Labute approximate surface area is 82.9 Å². The van der Waals surface area contributed by atoms with E-state index in [0.29, 0.717) is 6.42 Å². The van der Waals surface area contributed by atoms with Crippen molar-refractivity contribution in [3.63, 3.8) is 0 Å². The van der Waals surface area contributed by atoms with Gasteiger partial charge in [0.1, 0.15) is 11.6 Å². The van der Waals surface area contributed by atoms with Crippen molar-refractivity contribution in [2.24, 2.45) is 5.73 Å². The second kappa shape index (κ2) is 5.05. The lowest BCUT2D eigenvalue weighted by Crippen LogP contribution is -2.14. The molecule has 3 heteroatoms. The van der Waals surface area contributed by atoms with Gasteiger partial charge in [0.25, 0.3) is 0 Å². The van der Waals surface area contributed by atoms with Crippen LogP contribution in [0.15, 0.2) is 18.2 Å². The van der Waals surface area contributed by atoms with Crippen molar-refractivity contribution in [3.05, 3.63) is 35.4 Å². The lowest BCUT2D eigenvalue weighted by atomic mass is 10.0. The second-order valence-electron chi connectivity index (χ2n) is 3.57. The van der Waals surface area contributed by atoms with Crippen LogP contribution in [0, 0.1) is 11.6 Å². The van der Waals surface area contributed by atoms with E-state index in [4.69, 9.17) is 5.73 Å². The van der Waals surface area contributed by atoms with Crippen molar-refractivity contribution >= 4 is 0 Å². The molecule has 2 N–H and O–H groups in total. The van der Waals surface area contributed by atoms with Gasteiger partial charge in [0, 0.05) is 11.6 Å². The van der Waals surface area contributed by atoms with E-state index in [1.807, 2.05) is 6.92 Å². The molecule has 0 fully saturated rings. The third-order valence-corrected chi connectivity index (χ3v) is 2.15. The van der Waals surface area contributed by atoms with Crippen molar-refractivity contribution in [1.82, 2.24) is 0 Å². The van der Waals surface area contributed by atoms with Crippen molar-refractivity contribution in [2.45, 2.75) is 32.2 Å². The average Bonchev–Trinajstić information content (AvgIpc) is 2.09. The van der Waals surface area contributed by atoms with Crippen molar-refractivity contribution in [3.8, 4) is 0 Å². The molecule has 0 saturated heterocycles. The van der Waals surface area contributed by atoms with Gasteiger partial charge in [-0.15, -0.1) is 0 Å². The van der Waals surface area contributed by atoms with Crippen LogP contribution in [0.5, 0.6) is 0 Å². The largest absolute Gasteiger partial charge is 0.328 e. The molecule has 78 valence electrons. The lowest BCUT2D eigenvalue weighted by Gasteiger charge is -2.06. The third-order valence-electron chi connectivity index (χ3n) is 2.15. The van der Waals surface area contributed by atoms with Crippen molar-refractivity contribution in [1.29, 1.82) is 0 Å². The zero-order chi connectivity index (χ0) is 10.6. The number of hydrogen-bond acceptors (Lipinski definition) is 1. The molecule has 0 amide bonds. The fourth-order valence-corrected chi connectivity index (χ4v) is 1.37. The minimum atomic E-state index is -0.463. The molecule has 0 spiro atoms. The summed E-state index contributed by atoms with van der Waals surface area (Å²) in [5, 5.41) is 0. The molecule has 1 nitrogen and oxygen atoms in total. The van der Waals surface area contributed by atoms with Gasteiger partial charge in [0.2, 0.25) is 0 Å². The normalized spacial score (nSPS) is 12.9. The molecule has 0 aliphatic heterocycles. The maximum Gasteiger partial charge on any atom is 0.129 e. The van der Waals surface area contributed by atoms with Crippen LogP contribution in [0.2, 0.25) is 0 Å². The molecule has 0 aromatic heterocycles. The Morgan fingerprint density at radius 3 is 2.36 bits per heavy atom. The maximum atomic E-state index is 13.1. The summed E-state index contributed by atoms with van der Waals surface area (Å²) in [6, 6.07) is 4.03. The van der Waals surface area contributed by atoms with Gasteiger partial charge >= 0.3 is 0 Å². The van der Waals surface area contributed by atoms with Gasteiger partial charge in [-0.1, -0.05) is 6.07 Å². The van der Waals surface area contributed by atoms with Gasteiger partial charge in [-0.3, -0.25) is 0 Å². The summed E-state index contributed by atoms with van der Waals surface area (Å²) in [6.45, 7) is 1.89. The minimum Gasteiger partial charge on any atom is -0.328 e. The quantitative estimate of drug-likeness (QED) is 0.792. The summed E-state index contributed by atoms with van der Waals surface area (Å²) in [5.74, 6) is -0.927. The summed E-state index contributed by atoms with van der Waals surface area (Å²) < 4.78 is 26.2. The van der Waals surface area contributed by atoms with Crippen molar-refractivity contribution in [2.75, 3.05) is 0 Å². The predicted octanol–water partition coefficient (Wildman–Crippen LogP) is 2.63. The van der Waals surface area contributed by atoms with Crippen LogP contribution in [0.3, 0.4) is 0 Å². The standard InChI is InChI=1S/C11H15F2N/c1-8(14)4-2-5-9-10(12)6-3-7-11(9)13/h3,6-8H,2,4-5,14H2,1H3. The van der Waals surface area contributed by atoms with Gasteiger partial charge < -0.3 is 5.73 Å². The minimum absolute atomic E-state index is 0.0878. The van der Waals surface area contributed by atoms with Crippen LogP contribution in [0.25, 0.3) is 0 Å². The van der Waals surface area contributed by atoms with Gasteiger partial charge in [-0.2, -0.15) is 0 Å². The molecule has 1 aromatic rings. The SMILES string of the molecule is CC(N)CCCc1c(F)cccc1F. The fourth-order valence-electron chi connectivity index (χ4n) is 1.37. The number of halogens is 2. The highest BCUT2D eigenvalue weighted by Gasteiger charge is 2.07. The maximum absolute atomic E-state index is 13.1. The smallest absolute Gasteiger partial charge is 0.129 e. The molecular formula is C11H15F2N. The van der Waals surface area contributed by atoms with Gasteiger partial charge in [-0.25, -0.2) is 8.78 Å². The Morgan fingerprint density at radius 1 is 1.29 bits per heavy atom. The molecule has 0 heterocycles. The van der Waals surface area contributed by atoms with E-state index < -0.39 is 11.6 Å². The van der Waals surface area contributed by atoms with E-state index in [1.165, 1.54) is 18.2 Å². The van der Waals surface area contributed by atoms with E-state index in [-0.39, 0.29) is 11.6 Å². The molecule has 1 atom stereocenters. The molecule has 0 bridgehead atoms. The molecule has 1 aromatic carbocycles. The first-order valence-corrected chi connectivity index (χ1v) is 4.79. The molecular weight excluding hydrogens is 184 g/mol. The van der Waals surface area contributed by atoms with Crippen LogP contribution in [-0.4, -0.2) is 6.04 Å². The number of rotatable bonds is 4. The second-order valence-corrected chi connectivity index (χ2v) is 3.57. The number of benzene rings is 1. The summed E-state index contributed by atoms with van der Waals surface area (Å²) >= 11 is 0. The third kappa shape index (κ3) is 3.07. The first-order valence-electron chi connectivity index (χ1n) is 4.79. The molecule has 1 unspecified atom stereocenters. The molecule has 1 rings (SSSR count). The molecule has 0 radical (unpaired) electrons. The predicted molar refractivity (Wildman–Crippen MR) is 52.9 cm³/mol. The lowest BCUT2D eigenvalue weighted by molar-refractivity contribution is 0.538. The van der Waals surface area contributed by atoms with Crippen molar-refractivity contribution < 1.29 is 8.78 Å². The van der Waals surface area contributed by atoms with E-state index in [2.05, 4.69) is 0 Å². The Kier molecular flexibility index (Phi) is 4.01. The molecule has 0 aliphatic rings. The summed E-state index contributed by atoms with van der Waals surface area (Å²) in [4.78, 5) is 0. The Balaban J connectivity index is 2.58. The monoisotopic (exact) mass is 199 g/mol. The first kappa shape index (κ1) is 11.1. The fraction of sp³-hybridized carbons (Fsp3) is 0.455. The highest BCUT2D eigenvalue weighted by molar-refractivity contribution is 5.19. The van der Waals surface area contributed by atoms with Crippen LogP contribution >= 0.6 is 0 Å².